The quantitative estimate of drug-likeness (QED) is 0.0583. The van der Waals surface area contributed by atoms with Crippen LogP contribution < -0.4 is 34.9 Å². The molecular weight excluding hydrogens is 541 g/mol. The van der Waals surface area contributed by atoms with Crippen LogP contribution in [0.15, 0.2) is 0 Å². The summed E-state index contributed by atoms with van der Waals surface area (Å²) in [4.78, 5) is 22.5. The zero-order valence-electron chi connectivity index (χ0n) is 18.2. The van der Waals surface area contributed by atoms with Crippen molar-refractivity contribution in [1.82, 2.24) is 5.32 Å². The van der Waals surface area contributed by atoms with Gasteiger partial charge in [-0.2, -0.15) is 16.8 Å². The van der Waals surface area contributed by atoms with E-state index in [-0.39, 0.29) is 35.8 Å². The maximum Gasteiger partial charge on any atom is 1.00 e. The molecule has 0 unspecified atom stereocenters. The largest absolute Gasteiger partial charge is 1.00 e. The third-order valence-electron chi connectivity index (χ3n) is 4.33. The molecule has 9 atom stereocenters. The first-order valence-corrected chi connectivity index (χ1v) is 11.9. The molecule has 1 saturated heterocycles. The van der Waals surface area contributed by atoms with Gasteiger partial charge in [-0.25, -0.2) is 8.37 Å². The molecule has 0 spiro atoms. The molecule has 0 aromatic carbocycles. The minimum Gasteiger partial charge on any atom is -0.388 e. The SMILES string of the molecule is CC(=O)N[C@@H](C=O)[C@@H](O)[C@H](O[C@@H]1O[C@H](COS(=O)(=O)O)[C@H](O)[C@H](O)[C@H]1O)[C@H](O)COS(=O)(=O)O.[Na+]. The van der Waals surface area contributed by atoms with Crippen molar-refractivity contribution in [3.05, 3.63) is 0 Å². The molecule has 0 aromatic heterocycles. The second kappa shape index (κ2) is 14.5. The molecule has 1 heterocycles. The van der Waals surface area contributed by atoms with E-state index in [2.05, 4.69) is 8.37 Å². The fourth-order valence-electron chi connectivity index (χ4n) is 2.76. The van der Waals surface area contributed by atoms with Gasteiger partial charge in [0.25, 0.3) is 0 Å². The number of amides is 1. The van der Waals surface area contributed by atoms with Crippen molar-refractivity contribution < 1.29 is 108 Å². The van der Waals surface area contributed by atoms with Crippen molar-refractivity contribution in [2.45, 2.75) is 62.0 Å². The molecule has 0 radical (unpaired) electrons. The van der Waals surface area contributed by atoms with Crippen LogP contribution in [-0.2, 0) is 48.2 Å². The Morgan fingerprint density at radius 2 is 1.57 bits per heavy atom. The third-order valence-corrected chi connectivity index (χ3v) is 5.20. The van der Waals surface area contributed by atoms with Crippen LogP contribution in [0.3, 0.4) is 0 Å². The number of ether oxygens (including phenoxy) is 2. The van der Waals surface area contributed by atoms with Gasteiger partial charge in [-0.05, 0) is 0 Å². The normalized spacial score (nSPS) is 28.7. The Labute approximate surface area is 221 Å². The number of carbonyl (C=O) groups excluding carboxylic acids is 2. The Balaban J connectivity index is 0.0000116. The molecule has 1 fully saturated rings. The Hall–Kier alpha value is -0.400. The summed E-state index contributed by atoms with van der Waals surface area (Å²) in [7, 11) is -10.1. The van der Waals surface area contributed by atoms with Gasteiger partial charge in [0, 0.05) is 6.92 Å². The standard InChI is InChI=1S/C14H25NO17S2.Na/c1-5(17)15-6(2-16)9(19)13(7(18)3-29-33(23,24)25)32-14-12(22)11(21)10(20)8(31-14)4-30-34(26,27)28;/h2,6-14,18-22H,3-4H2,1H3,(H,15,17)(H,23,24,25)(H,26,27,28);/q;+1/t6-,7+,8+,9+,10-,11-,12+,13+,14-;/m0./s1. The van der Waals surface area contributed by atoms with Crippen LogP contribution in [0, 0.1) is 0 Å². The summed E-state index contributed by atoms with van der Waals surface area (Å²) in [6, 6.07) is -1.78. The summed E-state index contributed by atoms with van der Waals surface area (Å²) in [5.74, 6) is -0.825. The summed E-state index contributed by atoms with van der Waals surface area (Å²) in [6.07, 6.45) is -16.7. The van der Waals surface area contributed by atoms with Crippen LogP contribution in [0.5, 0.6) is 0 Å². The monoisotopic (exact) mass is 566 g/mol. The van der Waals surface area contributed by atoms with Crippen molar-refractivity contribution in [3.63, 3.8) is 0 Å². The van der Waals surface area contributed by atoms with Crippen molar-refractivity contribution in [1.29, 1.82) is 0 Å². The van der Waals surface area contributed by atoms with E-state index in [0.717, 1.165) is 6.92 Å². The first kappa shape index (κ1) is 34.6. The number of rotatable bonds is 13. The Bertz CT molecular complexity index is 900. The Morgan fingerprint density at radius 3 is 2.03 bits per heavy atom. The van der Waals surface area contributed by atoms with Crippen molar-refractivity contribution in [2.24, 2.45) is 0 Å². The van der Waals surface area contributed by atoms with Crippen LogP contribution in [0.2, 0.25) is 0 Å². The molecule has 8 N–H and O–H groups in total. The van der Waals surface area contributed by atoms with Gasteiger partial charge < -0.3 is 45.1 Å². The molecule has 0 saturated carbocycles. The second-order valence-electron chi connectivity index (χ2n) is 6.96. The van der Waals surface area contributed by atoms with Gasteiger partial charge in [-0.15, -0.1) is 0 Å². The summed E-state index contributed by atoms with van der Waals surface area (Å²) in [5, 5.41) is 52.7. The first-order valence-electron chi connectivity index (χ1n) is 9.14. The zero-order chi connectivity index (χ0) is 26.4. The summed E-state index contributed by atoms with van der Waals surface area (Å²) >= 11 is 0. The summed E-state index contributed by atoms with van der Waals surface area (Å²) < 4.78 is 78.6. The molecule has 35 heavy (non-hydrogen) atoms. The second-order valence-corrected chi connectivity index (χ2v) is 9.14. The minimum absolute atomic E-state index is 0. The van der Waals surface area contributed by atoms with Crippen LogP contribution >= 0.6 is 0 Å². The van der Waals surface area contributed by atoms with Gasteiger partial charge in [0.05, 0.1) is 13.2 Å². The molecule has 0 aliphatic carbocycles. The number of hydrogen-bond donors (Lipinski definition) is 8. The van der Waals surface area contributed by atoms with Crippen LogP contribution in [0.1, 0.15) is 6.92 Å². The average molecular weight is 566 g/mol. The smallest absolute Gasteiger partial charge is 0.388 e. The van der Waals surface area contributed by atoms with E-state index in [9.17, 15) is 52.0 Å². The van der Waals surface area contributed by atoms with E-state index < -0.39 is 95.0 Å². The van der Waals surface area contributed by atoms with Gasteiger partial charge in [-0.3, -0.25) is 13.9 Å². The van der Waals surface area contributed by atoms with Gasteiger partial charge in [-0.1, -0.05) is 0 Å². The Kier molecular flexibility index (Phi) is 14.3. The van der Waals surface area contributed by atoms with Crippen LogP contribution in [0.4, 0.5) is 0 Å². The maximum atomic E-state index is 11.3. The molecule has 0 aromatic rings. The number of aliphatic hydroxyl groups excluding tert-OH is 5. The number of nitrogens with one attached hydrogen (secondary N) is 1. The minimum atomic E-state index is -5.10. The predicted molar refractivity (Wildman–Crippen MR) is 102 cm³/mol. The van der Waals surface area contributed by atoms with E-state index in [1.807, 2.05) is 5.32 Å². The first-order chi connectivity index (χ1) is 15.5. The molecule has 18 nitrogen and oxygen atoms in total. The molecule has 21 heteroatoms. The van der Waals surface area contributed by atoms with Gasteiger partial charge in [0.1, 0.15) is 55.1 Å². The van der Waals surface area contributed by atoms with Gasteiger partial charge in [0.15, 0.2) is 6.29 Å². The van der Waals surface area contributed by atoms with Gasteiger partial charge in [0.2, 0.25) is 5.91 Å². The molecule has 200 valence electrons. The third kappa shape index (κ3) is 11.7. The number of hydrogen-bond acceptors (Lipinski definition) is 15. The molecule has 1 aliphatic heterocycles. The molecule has 0 bridgehead atoms. The summed E-state index contributed by atoms with van der Waals surface area (Å²) in [5.41, 5.74) is 0. The van der Waals surface area contributed by atoms with Gasteiger partial charge >= 0.3 is 50.4 Å². The van der Waals surface area contributed by atoms with E-state index in [4.69, 9.17) is 18.6 Å². The molecule has 1 amide bonds. The fraction of sp³-hybridized carbons (Fsp3) is 0.857. The molecular formula is C14H25NNaO17S2+. The number of carbonyl (C=O) groups is 2. The predicted octanol–water partition coefficient (Wildman–Crippen LogP) is -8.75. The topological polar surface area (TPSA) is 293 Å². The van der Waals surface area contributed by atoms with E-state index in [1.54, 1.807) is 0 Å². The zero-order valence-corrected chi connectivity index (χ0v) is 21.9. The van der Waals surface area contributed by atoms with E-state index >= 15 is 0 Å². The average Bonchev–Trinajstić information content (AvgIpc) is 2.71. The van der Waals surface area contributed by atoms with Crippen molar-refractivity contribution >= 4 is 33.0 Å². The Morgan fingerprint density at radius 1 is 1.03 bits per heavy atom. The van der Waals surface area contributed by atoms with Crippen LogP contribution in [-0.4, -0.2) is 132 Å². The maximum absolute atomic E-state index is 11.3. The number of aliphatic hydroxyl groups is 5. The molecule has 1 aliphatic rings. The van der Waals surface area contributed by atoms with Crippen molar-refractivity contribution in [3.8, 4) is 0 Å². The molecule has 1 rings (SSSR count). The fourth-order valence-corrected chi connectivity index (χ4v) is 3.38. The van der Waals surface area contributed by atoms with Crippen molar-refractivity contribution in [2.75, 3.05) is 13.2 Å². The number of aldehydes is 1. The van der Waals surface area contributed by atoms with E-state index in [1.165, 1.54) is 0 Å². The van der Waals surface area contributed by atoms with Crippen LogP contribution in [0.25, 0.3) is 0 Å². The van der Waals surface area contributed by atoms with E-state index in [0.29, 0.717) is 0 Å². The summed E-state index contributed by atoms with van der Waals surface area (Å²) in [6.45, 7) is -1.42.